The molecule has 3 rings (SSSR count). The fourth-order valence-electron chi connectivity index (χ4n) is 1.89. The summed E-state index contributed by atoms with van der Waals surface area (Å²) in [6, 6.07) is 13.2. The molecule has 0 saturated heterocycles. The van der Waals surface area contributed by atoms with E-state index in [0.29, 0.717) is 5.56 Å². The molecular formula is C14H8NO3S2-. The lowest BCUT2D eigenvalue weighted by Gasteiger charge is -2.18. The third-order valence-corrected chi connectivity index (χ3v) is 5.34. The lowest BCUT2D eigenvalue weighted by Crippen LogP contribution is -2.14. The molecule has 0 bridgehead atoms. The number of carboxylic acid groups (broad SMARTS) is 1. The number of carboxylic acids is 1. The van der Waals surface area contributed by atoms with Crippen molar-refractivity contribution in [2.75, 3.05) is 0 Å². The molecule has 20 heavy (non-hydrogen) atoms. The Bertz CT molecular complexity index is 728. The van der Waals surface area contributed by atoms with Crippen molar-refractivity contribution in [1.29, 1.82) is 0 Å². The van der Waals surface area contributed by atoms with E-state index in [1.165, 1.54) is 4.90 Å². The quantitative estimate of drug-likeness (QED) is 0.577. The van der Waals surface area contributed by atoms with E-state index >= 15 is 0 Å². The van der Waals surface area contributed by atoms with Crippen molar-refractivity contribution in [1.82, 2.24) is 0 Å². The van der Waals surface area contributed by atoms with Crippen LogP contribution in [0.2, 0.25) is 0 Å². The third-order valence-electron chi connectivity index (χ3n) is 2.80. The Morgan fingerprint density at radius 2 is 1.60 bits per heavy atom. The van der Waals surface area contributed by atoms with Crippen molar-refractivity contribution in [3.63, 3.8) is 0 Å². The van der Waals surface area contributed by atoms with Gasteiger partial charge in [0.05, 0.1) is 0 Å². The molecule has 0 aromatic heterocycles. The molecule has 0 radical (unpaired) electrons. The Morgan fingerprint density at radius 3 is 2.20 bits per heavy atom. The predicted molar refractivity (Wildman–Crippen MR) is 78.7 cm³/mol. The second-order valence-electron chi connectivity index (χ2n) is 4.06. The van der Waals surface area contributed by atoms with Crippen molar-refractivity contribution in [2.24, 2.45) is 5.16 Å². The van der Waals surface area contributed by atoms with E-state index in [1.807, 2.05) is 30.3 Å². The Balaban J connectivity index is 2.02. The van der Waals surface area contributed by atoms with E-state index in [0.717, 1.165) is 14.7 Å². The number of nitrogens with zero attached hydrogens (tertiary/aromatic N) is 1. The highest BCUT2D eigenvalue weighted by atomic mass is 32.2. The molecule has 4 nitrogen and oxygen atoms in total. The van der Waals surface area contributed by atoms with Crippen LogP contribution in [0.25, 0.3) is 0 Å². The first-order valence-electron chi connectivity index (χ1n) is 5.72. The molecule has 1 N–H and O–H groups in total. The summed E-state index contributed by atoms with van der Waals surface area (Å²) in [5.41, 5.74) is -0.129. The summed E-state index contributed by atoms with van der Waals surface area (Å²) in [4.78, 5) is 15.2. The van der Waals surface area contributed by atoms with Crippen LogP contribution in [0.1, 0.15) is 5.56 Å². The molecular weight excluding hydrogens is 294 g/mol. The molecule has 0 atom stereocenters. The highest BCUT2D eigenvalue weighted by molar-refractivity contribution is 8.05. The summed E-state index contributed by atoms with van der Waals surface area (Å²) < 4.78 is 0. The maximum absolute atomic E-state index is 11.0. The molecule has 1 aliphatic rings. The SMILES string of the molecule is O=C(O)/C(=N\[O-])c1ccc2c(c1)Sc1ccccc1S2. The van der Waals surface area contributed by atoms with Crippen LogP contribution in [-0.4, -0.2) is 16.8 Å². The van der Waals surface area contributed by atoms with Crippen molar-refractivity contribution in [3.8, 4) is 0 Å². The van der Waals surface area contributed by atoms with Crippen LogP contribution < -0.4 is 0 Å². The van der Waals surface area contributed by atoms with Gasteiger partial charge in [-0.2, -0.15) is 0 Å². The van der Waals surface area contributed by atoms with Gasteiger partial charge in [0.25, 0.3) is 0 Å². The molecule has 0 fully saturated rings. The number of benzene rings is 2. The molecule has 0 amide bonds. The second-order valence-corrected chi connectivity index (χ2v) is 6.22. The first kappa shape index (κ1) is 13.1. The van der Waals surface area contributed by atoms with Gasteiger partial charge in [0.2, 0.25) is 0 Å². The van der Waals surface area contributed by atoms with Crippen molar-refractivity contribution >= 4 is 35.2 Å². The van der Waals surface area contributed by atoms with Gasteiger partial charge < -0.3 is 15.5 Å². The minimum atomic E-state index is -1.31. The molecule has 0 saturated carbocycles. The van der Waals surface area contributed by atoms with E-state index in [2.05, 4.69) is 5.16 Å². The van der Waals surface area contributed by atoms with Crippen LogP contribution in [-0.2, 0) is 4.79 Å². The number of aliphatic carboxylic acids is 1. The van der Waals surface area contributed by atoms with Gasteiger partial charge in [-0.1, -0.05) is 41.7 Å². The number of carbonyl (C=O) groups is 1. The van der Waals surface area contributed by atoms with Crippen LogP contribution >= 0.6 is 23.5 Å². The van der Waals surface area contributed by atoms with Crippen LogP contribution in [0.3, 0.4) is 0 Å². The van der Waals surface area contributed by atoms with Crippen LogP contribution in [0, 0.1) is 5.21 Å². The molecule has 2 aromatic carbocycles. The molecule has 1 heterocycles. The molecule has 0 unspecified atom stereocenters. The van der Waals surface area contributed by atoms with Crippen molar-refractivity contribution in [2.45, 2.75) is 19.6 Å². The van der Waals surface area contributed by atoms with Crippen LogP contribution in [0.4, 0.5) is 0 Å². The van der Waals surface area contributed by atoms with Gasteiger partial charge in [-0.3, -0.25) is 0 Å². The standard InChI is InChI=1S/C14H9NO3S2/c16-14(17)13(15-18)8-5-6-11-12(7-8)20-10-4-2-1-3-9(10)19-11/h1-7,18H,(H,16,17)/p-1/b15-13-. The summed E-state index contributed by atoms with van der Waals surface area (Å²) in [6.45, 7) is 0. The summed E-state index contributed by atoms with van der Waals surface area (Å²) >= 11 is 3.20. The van der Waals surface area contributed by atoms with E-state index in [-0.39, 0.29) is 0 Å². The molecule has 2 aromatic rings. The van der Waals surface area contributed by atoms with E-state index in [1.54, 1.807) is 35.7 Å². The van der Waals surface area contributed by atoms with Gasteiger partial charge in [0, 0.05) is 25.1 Å². The monoisotopic (exact) mass is 302 g/mol. The predicted octanol–water partition coefficient (Wildman–Crippen LogP) is 3.67. The zero-order valence-corrected chi connectivity index (χ0v) is 11.7. The average Bonchev–Trinajstić information content (AvgIpc) is 2.45. The van der Waals surface area contributed by atoms with Gasteiger partial charge >= 0.3 is 5.97 Å². The maximum Gasteiger partial charge on any atom is 0.354 e. The van der Waals surface area contributed by atoms with E-state index in [9.17, 15) is 10.0 Å². The zero-order chi connectivity index (χ0) is 14.1. The van der Waals surface area contributed by atoms with Crippen LogP contribution in [0.15, 0.2) is 67.2 Å². The highest BCUT2D eigenvalue weighted by Gasteiger charge is 2.19. The first-order chi connectivity index (χ1) is 9.69. The van der Waals surface area contributed by atoms with Gasteiger partial charge in [-0.15, -0.1) is 0 Å². The number of rotatable bonds is 2. The second kappa shape index (κ2) is 5.22. The minimum absolute atomic E-state index is 0.332. The normalized spacial score (nSPS) is 13.5. The first-order valence-corrected chi connectivity index (χ1v) is 7.35. The lowest BCUT2D eigenvalue weighted by atomic mass is 10.1. The van der Waals surface area contributed by atoms with Crippen molar-refractivity contribution < 1.29 is 9.90 Å². The Labute approximate surface area is 123 Å². The van der Waals surface area contributed by atoms with Gasteiger partial charge in [0.15, 0.2) is 0 Å². The Hall–Kier alpha value is -1.92. The Kier molecular flexibility index (Phi) is 3.42. The molecule has 100 valence electrons. The maximum atomic E-state index is 11.0. The third kappa shape index (κ3) is 2.28. The average molecular weight is 302 g/mol. The topological polar surface area (TPSA) is 72.7 Å². The summed E-state index contributed by atoms with van der Waals surface area (Å²) in [5.74, 6) is -1.31. The van der Waals surface area contributed by atoms with E-state index in [4.69, 9.17) is 5.11 Å². The fourth-order valence-corrected chi connectivity index (χ4v) is 4.14. The number of hydrogen-bond donors (Lipinski definition) is 1. The highest BCUT2D eigenvalue weighted by Crippen LogP contribution is 2.48. The smallest absolute Gasteiger partial charge is 0.354 e. The lowest BCUT2D eigenvalue weighted by molar-refractivity contribution is -0.129. The van der Waals surface area contributed by atoms with Gasteiger partial charge in [0.1, 0.15) is 5.71 Å². The molecule has 0 aliphatic carbocycles. The van der Waals surface area contributed by atoms with Gasteiger partial charge in [-0.05, 0) is 24.3 Å². The summed E-state index contributed by atoms with van der Waals surface area (Å²) in [5, 5.41) is 22.2. The molecule has 1 aliphatic heterocycles. The molecule has 0 spiro atoms. The minimum Gasteiger partial charge on any atom is -0.791 e. The molecule has 6 heteroatoms. The van der Waals surface area contributed by atoms with Crippen LogP contribution in [0.5, 0.6) is 0 Å². The fraction of sp³-hybridized carbons (Fsp3) is 0. The number of fused-ring (bicyclic) bond motifs is 2. The van der Waals surface area contributed by atoms with Crippen molar-refractivity contribution in [3.05, 3.63) is 53.2 Å². The largest absolute Gasteiger partial charge is 0.791 e. The zero-order valence-electron chi connectivity index (χ0n) is 10.1. The van der Waals surface area contributed by atoms with Gasteiger partial charge in [-0.25, -0.2) is 4.79 Å². The van der Waals surface area contributed by atoms with E-state index < -0.39 is 11.7 Å². The summed E-state index contributed by atoms with van der Waals surface area (Å²) in [7, 11) is 0. The Morgan fingerprint density at radius 1 is 1.00 bits per heavy atom. The summed E-state index contributed by atoms with van der Waals surface area (Å²) in [6.07, 6.45) is 0. The number of hydrogen-bond acceptors (Lipinski definition) is 5.